The van der Waals surface area contributed by atoms with E-state index in [9.17, 15) is 0 Å². The van der Waals surface area contributed by atoms with Gasteiger partial charge in [0.15, 0.2) is 5.82 Å². The molecular formula is C57H37N5. The van der Waals surface area contributed by atoms with Crippen molar-refractivity contribution < 1.29 is 0 Å². The quantitative estimate of drug-likeness (QED) is 0.174. The molecule has 12 aromatic rings. The number of fused-ring (bicyclic) bond motifs is 10. The van der Waals surface area contributed by atoms with Crippen LogP contribution in [0.3, 0.4) is 0 Å². The third-order valence-electron chi connectivity index (χ3n) is 12.1. The van der Waals surface area contributed by atoms with Gasteiger partial charge in [0.1, 0.15) is 0 Å². The lowest BCUT2D eigenvalue weighted by atomic mass is 9.91. The Morgan fingerprint density at radius 3 is 0.903 bits per heavy atom. The van der Waals surface area contributed by atoms with Gasteiger partial charge in [-0.15, -0.1) is 0 Å². The van der Waals surface area contributed by atoms with E-state index in [0.29, 0.717) is 17.7 Å². The maximum atomic E-state index is 5.67. The molecule has 12 rings (SSSR count). The minimum Gasteiger partial charge on any atom is -0.278 e. The summed E-state index contributed by atoms with van der Waals surface area (Å²) in [6, 6.07) is 79.3. The van der Waals surface area contributed by atoms with Crippen LogP contribution in [-0.4, -0.2) is 24.1 Å². The molecule has 0 saturated carbocycles. The van der Waals surface area contributed by atoms with Crippen molar-refractivity contribution in [2.45, 2.75) is 0 Å². The molecule has 0 N–H and O–H groups in total. The number of nitrogens with zero attached hydrogens (tertiary/aromatic N) is 5. The van der Waals surface area contributed by atoms with Crippen molar-refractivity contribution >= 4 is 65.2 Å². The summed E-state index contributed by atoms with van der Waals surface area (Å²) < 4.78 is 4.45. The van der Waals surface area contributed by atoms with E-state index in [1.807, 2.05) is 0 Å². The first-order valence-corrected chi connectivity index (χ1v) is 21.0. The van der Waals surface area contributed by atoms with Gasteiger partial charge in [0.05, 0.1) is 22.1 Å². The van der Waals surface area contributed by atoms with Crippen molar-refractivity contribution in [3.8, 4) is 45.5 Å². The van der Waals surface area contributed by atoms with Crippen LogP contribution in [0.1, 0.15) is 0 Å². The van der Waals surface area contributed by atoms with E-state index in [1.165, 1.54) is 10.8 Å². The molecule has 9 aromatic carbocycles. The van der Waals surface area contributed by atoms with Crippen LogP contribution >= 0.6 is 0 Å². The first-order chi connectivity index (χ1) is 30.8. The lowest BCUT2D eigenvalue weighted by Crippen LogP contribution is -2.11. The van der Waals surface area contributed by atoms with E-state index in [0.717, 1.165) is 82.2 Å². The van der Waals surface area contributed by atoms with Crippen LogP contribution in [0.4, 0.5) is 0 Å². The van der Waals surface area contributed by atoms with Gasteiger partial charge < -0.3 is 0 Å². The zero-order chi connectivity index (χ0) is 41.0. The summed E-state index contributed by atoms with van der Waals surface area (Å²) in [5.41, 5.74) is 9.11. The topological polar surface area (TPSA) is 48.5 Å². The number of benzene rings is 9. The van der Waals surface area contributed by atoms with Gasteiger partial charge in [-0.1, -0.05) is 200 Å². The second-order valence-corrected chi connectivity index (χ2v) is 15.5. The Bertz CT molecular complexity index is 3540. The van der Waals surface area contributed by atoms with Crippen LogP contribution in [0.15, 0.2) is 224 Å². The highest BCUT2D eigenvalue weighted by molar-refractivity contribution is 6.19. The van der Waals surface area contributed by atoms with Crippen LogP contribution in [0.5, 0.6) is 0 Å². The SMILES string of the molecule is c1ccc(-c2cccc(-c3ccccc3)c2-c2nc(-n3c4ccccc4c4ccccc4c4ccccc4c4ccccc43)nc(-n3c4ccccc4c4ccccc43)n2)cc1. The minimum atomic E-state index is 0.505. The average Bonchev–Trinajstić information content (AvgIpc) is 3.70. The number of rotatable bonds is 5. The van der Waals surface area contributed by atoms with E-state index < -0.39 is 0 Å². The monoisotopic (exact) mass is 791 g/mol. The molecule has 5 nitrogen and oxygen atoms in total. The van der Waals surface area contributed by atoms with Crippen molar-refractivity contribution in [1.29, 1.82) is 0 Å². The van der Waals surface area contributed by atoms with Gasteiger partial charge in [0.2, 0.25) is 11.9 Å². The smallest absolute Gasteiger partial charge is 0.240 e. The number of aromatic nitrogens is 5. The Hall–Kier alpha value is -8.41. The summed E-state index contributed by atoms with van der Waals surface area (Å²) in [5, 5.41) is 9.00. The predicted octanol–water partition coefficient (Wildman–Crippen LogP) is 14.5. The molecule has 0 saturated heterocycles. The van der Waals surface area contributed by atoms with E-state index >= 15 is 0 Å². The predicted molar refractivity (Wildman–Crippen MR) is 257 cm³/mol. The number of para-hydroxylation sites is 4. The normalized spacial score (nSPS) is 11.5. The number of hydrogen-bond donors (Lipinski definition) is 0. The second-order valence-electron chi connectivity index (χ2n) is 15.5. The van der Waals surface area contributed by atoms with E-state index in [-0.39, 0.29) is 0 Å². The van der Waals surface area contributed by atoms with Crippen molar-refractivity contribution in [2.75, 3.05) is 0 Å². The fourth-order valence-corrected chi connectivity index (χ4v) is 9.36. The molecule has 3 heterocycles. The van der Waals surface area contributed by atoms with Crippen molar-refractivity contribution in [3.05, 3.63) is 224 Å². The third-order valence-corrected chi connectivity index (χ3v) is 12.1. The van der Waals surface area contributed by atoms with Crippen LogP contribution in [0.2, 0.25) is 0 Å². The van der Waals surface area contributed by atoms with Gasteiger partial charge >= 0.3 is 0 Å². The fourth-order valence-electron chi connectivity index (χ4n) is 9.36. The van der Waals surface area contributed by atoms with Crippen LogP contribution in [0, 0.1) is 0 Å². The van der Waals surface area contributed by atoms with Gasteiger partial charge in [0.25, 0.3) is 0 Å². The Morgan fingerprint density at radius 2 is 0.532 bits per heavy atom. The van der Waals surface area contributed by atoms with Gasteiger partial charge in [-0.05, 0) is 68.1 Å². The van der Waals surface area contributed by atoms with Crippen molar-refractivity contribution in [3.63, 3.8) is 0 Å². The molecule has 0 amide bonds. The average molecular weight is 792 g/mol. The molecule has 0 aliphatic carbocycles. The maximum absolute atomic E-state index is 5.67. The van der Waals surface area contributed by atoms with Crippen molar-refractivity contribution in [1.82, 2.24) is 24.1 Å². The molecule has 0 spiro atoms. The molecule has 290 valence electrons. The van der Waals surface area contributed by atoms with E-state index in [4.69, 9.17) is 15.0 Å². The van der Waals surface area contributed by atoms with Gasteiger partial charge in [-0.2, -0.15) is 15.0 Å². The molecule has 0 radical (unpaired) electrons. The molecular weight excluding hydrogens is 755 g/mol. The second kappa shape index (κ2) is 14.7. The standard InChI is InChI=1S/C57H37N5/c1-3-20-38(21-4-1)40-32-19-33-41(39-22-5-2-6-23-39)54(40)55-58-56(60-57(59-55)62-52-36-17-13-30-48(52)49-31-14-18-37-53(49)62)61-50-34-15-11-28-46(50)44-26-9-7-24-42(44)43-25-8-10-27-45(43)47-29-12-16-35-51(47)61/h1-37H. The summed E-state index contributed by atoms with van der Waals surface area (Å²) in [6.45, 7) is 0. The van der Waals surface area contributed by atoms with Crippen LogP contribution in [-0.2, 0) is 0 Å². The molecule has 62 heavy (non-hydrogen) atoms. The summed E-state index contributed by atoms with van der Waals surface area (Å²) in [5.74, 6) is 1.60. The summed E-state index contributed by atoms with van der Waals surface area (Å²) in [6.07, 6.45) is 0. The first kappa shape index (κ1) is 35.5. The first-order valence-electron chi connectivity index (χ1n) is 21.0. The lowest BCUT2D eigenvalue weighted by Gasteiger charge is -2.18. The third kappa shape index (κ3) is 5.75. The molecule has 0 aliphatic heterocycles. The summed E-state index contributed by atoms with van der Waals surface area (Å²) in [7, 11) is 0. The molecule has 0 unspecified atom stereocenters. The molecule has 3 aromatic heterocycles. The fraction of sp³-hybridized carbons (Fsp3) is 0. The maximum Gasteiger partial charge on any atom is 0.240 e. The van der Waals surface area contributed by atoms with Gasteiger partial charge in [-0.3, -0.25) is 9.13 Å². The summed E-state index contributed by atoms with van der Waals surface area (Å²) >= 11 is 0. The summed E-state index contributed by atoms with van der Waals surface area (Å²) in [4.78, 5) is 16.9. The Kier molecular flexibility index (Phi) is 8.42. The Balaban J connectivity index is 1.31. The highest BCUT2D eigenvalue weighted by atomic mass is 15.3. The van der Waals surface area contributed by atoms with E-state index in [2.05, 4.69) is 234 Å². The molecule has 0 aliphatic rings. The highest BCUT2D eigenvalue weighted by Gasteiger charge is 2.23. The molecule has 0 fully saturated rings. The van der Waals surface area contributed by atoms with E-state index in [1.54, 1.807) is 0 Å². The van der Waals surface area contributed by atoms with Crippen molar-refractivity contribution in [2.24, 2.45) is 0 Å². The van der Waals surface area contributed by atoms with Crippen LogP contribution < -0.4 is 0 Å². The largest absolute Gasteiger partial charge is 0.278 e. The molecule has 0 bridgehead atoms. The minimum absolute atomic E-state index is 0.505. The van der Waals surface area contributed by atoms with Crippen LogP contribution in [0.25, 0.3) is 111 Å². The zero-order valence-electron chi connectivity index (χ0n) is 33.6. The lowest BCUT2D eigenvalue weighted by molar-refractivity contribution is 0.892. The Morgan fingerprint density at radius 1 is 0.242 bits per heavy atom. The molecule has 5 heteroatoms. The number of hydrogen-bond acceptors (Lipinski definition) is 3. The molecule has 0 atom stereocenters. The van der Waals surface area contributed by atoms with Gasteiger partial charge in [0, 0.05) is 27.1 Å². The Labute approximate surface area is 357 Å². The zero-order valence-corrected chi connectivity index (χ0v) is 33.6. The highest BCUT2D eigenvalue weighted by Crippen LogP contribution is 2.41. The van der Waals surface area contributed by atoms with Gasteiger partial charge in [-0.25, -0.2) is 0 Å².